The highest BCUT2D eigenvalue weighted by atomic mass is 19.4. The number of aromatic hydroxyl groups is 2. The van der Waals surface area contributed by atoms with Crippen LogP contribution in [0.3, 0.4) is 0 Å². The van der Waals surface area contributed by atoms with Crippen LogP contribution in [0.15, 0.2) is 42.5 Å². The summed E-state index contributed by atoms with van der Waals surface area (Å²) in [6, 6.07) is 9.61. The molecule has 0 bridgehead atoms. The van der Waals surface area contributed by atoms with Crippen LogP contribution < -0.4 is 16.2 Å². The summed E-state index contributed by atoms with van der Waals surface area (Å²) in [6.07, 6.45) is -4.48. The molecule has 1 aliphatic rings. The highest BCUT2D eigenvalue weighted by Gasteiger charge is 2.35. The number of halogens is 3. The molecule has 24 heavy (non-hydrogen) atoms. The molecule has 0 spiro atoms. The van der Waals surface area contributed by atoms with Gasteiger partial charge >= 0.3 is 6.18 Å². The van der Waals surface area contributed by atoms with Crippen molar-refractivity contribution in [3.63, 3.8) is 0 Å². The van der Waals surface area contributed by atoms with Crippen LogP contribution in [0, 0.1) is 0 Å². The minimum absolute atomic E-state index is 0.102. The second-order valence-corrected chi connectivity index (χ2v) is 5.59. The fraction of sp³-hybridized carbons (Fsp3) is 0.250. The minimum Gasteiger partial charge on any atom is -0.508 e. The smallest absolute Gasteiger partial charge is 0.418 e. The number of alkyl halides is 3. The number of hydrogen-bond acceptors (Lipinski definition) is 5. The molecule has 2 atom stereocenters. The van der Waals surface area contributed by atoms with Crippen LogP contribution in [0.1, 0.15) is 23.6 Å². The Labute approximate surface area is 136 Å². The number of nitrogens with one attached hydrogen (secondary N) is 3. The van der Waals surface area contributed by atoms with Crippen LogP contribution in [0.4, 0.5) is 18.9 Å². The van der Waals surface area contributed by atoms with E-state index in [0.29, 0.717) is 12.5 Å². The van der Waals surface area contributed by atoms with Gasteiger partial charge in [0.15, 0.2) is 0 Å². The fourth-order valence-corrected chi connectivity index (χ4v) is 2.66. The van der Waals surface area contributed by atoms with Gasteiger partial charge in [-0.15, -0.1) is 0 Å². The van der Waals surface area contributed by atoms with Crippen LogP contribution in [0.25, 0.3) is 0 Å². The highest BCUT2D eigenvalue weighted by molar-refractivity contribution is 5.56. The van der Waals surface area contributed by atoms with Gasteiger partial charge in [-0.25, -0.2) is 10.9 Å². The van der Waals surface area contributed by atoms with Crippen molar-refractivity contribution in [3.05, 3.63) is 53.6 Å². The standard InChI is InChI=1S/C16H16F3N3O2/c17-16(18,19)12-7-11(24)5-6-13(12)20-15-8-14(21-22-15)9-1-3-10(23)4-2-9/h1-7,14-15,20-24H,8H2. The van der Waals surface area contributed by atoms with Crippen LogP contribution >= 0.6 is 0 Å². The summed E-state index contributed by atoms with van der Waals surface area (Å²) >= 11 is 0. The van der Waals surface area contributed by atoms with Gasteiger partial charge in [0.05, 0.1) is 11.7 Å². The van der Waals surface area contributed by atoms with Crippen molar-refractivity contribution in [1.82, 2.24) is 10.9 Å². The van der Waals surface area contributed by atoms with Gasteiger partial charge in [0.25, 0.3) is 0 Å². The molecule has 2 unspecified atom stereocenters. The second kappa shape index (κ2) is 6.21. The van der Waals surface area contributed by atoms with Gasteiger partial charge in [-0.05, 0) is 35.9 Å². The third-order valence-corrected chi connectivity index (χ3v) is 3.84. The zero-order chi connectivity index (χ0) is 17.3. The summed E-state index contributed by atoms with van der Waals surface area (Å²) in [4.78, 5) is 0. The Hall–Kier alpha value is -2.45. The zero-order valence-electron chi connectivity index (χ0n) is 12.4. The largest absolute Gasteiger partial charge is 0.508 e. The summed E-state index contributed by atoms with van der Waals surface area (Å²) in [5.41, 5.74) is 5.80. The predicted octanol–water partition coefficient (Wildman–Crippen LogP) is 3.09. The number of hydrazine groups is 1. The maximum Gasteiger partial charge on any atom is 0.418 e. The molecule has 1 aliphatic heterocycles. The van der Waals surface area contributed by atoms with Crippen LogP contribution in [-0.4, -0.2) is 16.4 Å². The summed E-state index contributed by atoms with van der Waals surface area (Å²) in [6.45, 7) is 0. The molecule has 0 amide bonds. The Balaban J connectivity index is 1.73. The average molecular weight is 339 g/mol. The Morgan fingerprint density at radius 1 is 0.958 bits per heavy atom. The summed E-state index contributed by atoms with van der Waals surface area (Å²) in [5.74, 6) is -0.286. The third kappa shape index (κ3) is 3.55. The molecule has 128 valence electrons. The fourth-order valence-electron chi connectivity index (χ4n) is 2.66. The SMILES string of the molecule is Oc1ccc(C2CC(Nc3ccc(O)cc3C(F)(F)F)NN2)cc1. The van der Waals surface area contributed by atoms with E-state index < -0.39 is 23.7 Å². The topological polar surface area (TPSA) is 76.5 Å². The predicted molar refractivity (Wildman–Crippen MR) is 82.3 cm³/mol. The molecule has 2 aromatic rings. The van der Waals surface area contributed by atoms with Crippen molar-refractivity contribution in [2.45, 2.75) is 24.8 Å². The lowest BCUT2D eigenvalue weighted by molar-refractivity contribution is -0.137. The molecular formula is C16H16F3N3O2. The molecule has 1 heterocycles. The second-order valence-electron chi connectivity index (χ2n) is 5.59. The van der Waals surface area contributed by atoms with E-state index in [1.54, 1.807) is 24.3 Å². The first-order chi connectivity index (χ1) is 11.3. The van der Waals surface area contributed by atoms with E-state index in [-0.39, 0.29) is 17.5 Å². The Morgan fingerprint density at radius 2 is 1.62 bits per heavy atom. The maximum absolute atomic E-state index is 13.1. The summed E-state index contributed by atoms with van der Waals surface area (Å²) in [5, 5.41) is 21.4. The van der Waals surface area contributed by atoms with E-state index in [2.05, 4.69) is 16.2 Å². The molecule has 3 rings (SSSR count). The number of anilines is 1. The Morgan fingerprint density at radius 3 is 2.29 bits per heavy atom. The first kappa shape index (κ1) is 16.4. The molecule has 1 fully saturated rings. The molecule has 0 aliphatic carbocycles. The van der Waals surface area contributed by atoms with Crippen LogP contribution in [-0.2, 0) is 6.18 Å². The lowest BCUT2D eigenvalue weighted by Crippen LogP contribution is -2.36. The molecule has 2 aromatic carbocycles. The quantitative estimate of drug-likeness (QED) is 0.556. The number of phenols is 2. The van der Waals surface area contributed by atoms with Gasteiger partial charge in [0, 0.05) is 18.2 Å². The Bertz CT molecular complexity index is 719. The normalized spacial score (nSPS) is 21.0. The number of hydrogen-bond donors (Lipinski definition) is 5. The van der Waals surface area contributed by atoms with Crippen molar-refractivity contribution in [2.24, 2.45) is 0 Å². The van der Waals surface area contributed by atoms with Gasteiger partial charge in [0.1, 0.15) is 11.5 Å². The molecule has 0 radical (unpaired) electrons. The lowest BCUT2D eigenvalue weighted by atomic mass is 10.0. The maximum atomic E-state index is 13.1. The van der Waals surface area contributed by atoms with E-state index in [0.717, 1.165) is 5.56 Å². The van der Waals surface area contributed by atoms with Crippen LogP contribution in [0.5, 0.6) is 11.5 Å². The van der Waals surface area contributed by atoms with Gasteiger partial charge < -0.3 is 15.5 Å². The Kier molecular flexibility index (Phi) is 4.25. The average Bonchev–Trinajstić information content (AvgIpc) is 2.97. The van der Waals surface area contributed by atoms with E-state index in [1.807, 2.05) is 0 Å². The molecule has 5 N–H and O–H groups in total. The van der Waals surface area contributed by atoms with Gasteiger partial charge in [-0.3, -0.25) is 0 Å². The van der Waals surface area contributed by atoms with E-state index in [4.69, 9.17) is 0 Å². The van der Waals surface area contributed by atoms with Gasteiger partial charge in [0.2, 0.25) is 0 Å². The molecule has 0 aromatic heterocycles. The highest BCUT2D eigenvalue weighted by Crippen LogP contribution is 2.37. The van der Waals surface area contributed by atoms with Crippen LogP contribution in [0.2, 0.25) is 0 Å². The molecule has 8 heteroatoms. The van der Waals surface area contributed by atoms with Gasteiger partial charge in [-0.2, -0.15) is 13.2 Å². The lowest BCUT2D eigenvalue weighted by Gasteiger charge is -2.18. The third-order valence-electron chi connectivity index (χ3n) is 3.84. The monoisotopic (exact) mass is 339 g/mol. The first-order valence-electron chi connectivity index (χ1n) is 7.29. The van der Waals surface area contributed by atoms with Crippen molar-refractivity contribution < 1.29 is 23.4 Å². The van der Waals surface area contributed by atoms with Crippen molar-refractivity contribution in [2.75, 3.05) is 5.32 Å². The van der Waals surface area contributed by atoms with E-state index >= 15 is 0 Å². The number of phenolic OH excluding ortho intramolecular Hbond substituents is 2. The van der Waals surface area contributed by atoms with Crippen molar-refractivity contribution in [1.29, 1.82) is 0 Å². The molecule has 5 nitrogen and oxygen atoms in total. The number of rotatable bonds is 3. The van der Waals surface area contributed by atoms with E-state index in [1.165, 1.54) is 12.1 Å². The van der Waals surface area contributed by atoms with Crippen molar-refractivity contribution in [3.8, 4) is 11.5 Å². The molecule has 0 saturated carbocycles. The zero-order valence-corrected chi connectivity index (χ0v) is 12.4. The molecule has 1 saturated heterocycles. The van der Waals surface area contributed by atoms with E-state index in [9.17, 15) is 23.4 Å². The molecular weight excluding hydrogens is 323 g/mol. The number of benzene rings is 2. The van der Waals surface area contributed by atoms with Gasteiger partial charge in [-0.1, -0.05) is 12.1 Å². The summed E-state index contributed by atoms with van der Waals surface area (Å²) in [7, 11) is 0. The first-order valence-corrected chi connectivity index (χ1v) is 7.29. The van der Waals surface area contributed by atoms with Crippen molar-refractivity contribution >= 4 is 5.69 Å². The summed E-state index contributed by atoms with van der Waals surface area (Å²) < 4.78 is 39.2. The minimum atomic E-state index is -4.57.